The SMILES string of the molecule is CC(=O)Cc1ncc(CN2CCOC(c3cc(C(F)F)n4ncnc4n3)C2)s1. The summed E-state index contributed by atoms with van der Waals surface area (Å²) in [6.45, 7) is 3.89. The zero-order valence-corrected chi connectivity index (χ0v) is 15.9. The van der Waals surface area contributed by atoms with Crippen molar-refractivity contribution >= 4 is 22.9 Å². The Morgan fingerprint density at radius 1 is 1.43 bits per heavy atom. The Morgan fingerprint density at radius 3 is 3.07 bits per heavy atom. The zero-order valence-electron chi connectivity index (χ0n) is 15.1. The van der Waals surface area contributed by atoms with Gasteiger partial charge in [0.25, 0.3) is 12.2 Å². The Balaban J connectivity index is 1.50. The number of thiazole rings is 1. The second kappa shape index (κ2) is 7.94. The van der Waals surface area contributed by atoms with Gasteiger partial charge in [0.05, 0.1) is 18.7 Å². The van der Waals surface area contributed by atoms with Gasteiger partial charge in [-0.05, 0) is 13.0 Å². The molecule has 8 nitrogen and oxygen atoms in total. The number of rotatable bonds is 6. The first-order valence-electron chi connectivity index (χ1n) is 8.75. The van der Waals surface area contributed by atoms with Crippen molar-refractivity contribution in [2.75, 3.05) is 19.7 Å². The molecule has 0 bridgehead atoms. The number of nitrogens with zero attached hydrogens (tertiary/aromatic N) is 6. The molecule has 3 aromatic rings. The van der Waals surface area contributed by atoms with Gasteiger partial charge in [0.1, 0.15) is 28.9 Å². The molecular formula is C17H18F2N6O2S. The number of ether oxygens (including phenoxy) is 1. The highest BCUT2D eigenvalue weighted by Crippen LogP contribution is 2.27. The highest BCUT2D eigenvalue weighted by Gasteiger charge is 2.26. The predicted octanol–water partition coefficient (Wildman–Crippen LogP) is 2.22. The number of Topliss-reactive ketones (excluding diaryl/α,β-unsaturated/α-hetero) is 1. The van der Waals surface area contributed by atoms with Crippen LogP contribution in [0.5, 0.6) is 0 Å². The van der Waals surface area contributed by atoms with Crippen molar-refractivity contribution in [3.63, 3.8) is 0 Å². The molecule has 0 saturated carbocycles. The van der Waals surface area contributed by atoms with Crippen LogP contribution in [-0.4, -0.2) is 54.9 Å². The maximum atomic E-state index is 13.4. The Hall–Kier alpha value is -2.37. The first-order chi connectivity index (χ1) is 13.5. The van der Waals surface area contributed by atoms with Crippen LogP contribution in [0.4, 0.5) is 8.78 Å². The molecule has 0 aromatic carbocycles. The van der Waals surface area contributed by atoms with E-state index in [0.717, 1.165) is 14.4 Å². The second-order valence-electron chi connectivity index (χ2n) is 6.57. The molecule has 1 atom stereocenters. The lowest BCUT2D eigenvalue weighted by Crippen LogP contribution is -2.38. The van der Waals surface area contributed by atoms with Gasteiger partial charge >= 0.3 is 0 Å². The van der Waals surface area contributed by atoms with Crippen molar-refractivity contribution in [1.82, 2.24) is 29.5 Å². The van der Waals surface area contributed by atoms with Crippen molar-refractivity contribution < 1.29 is 18.3 Å². The molecular weight excluding hydrogens is 390 g/mol. The molecule has 0 amide bonds. The van der Waals surface area contributed by atoms with E-state index in [1.165, 1.54) is 23.7 Å². The van der Waals surface area contributed by atoms with Crippen LogP contribution in [0, 0.1) is 0 Å². The number of carbonyl (C=O) groups excluding carboxylic acids is 1. The van der Waals surface area contributed by atoms with E-state index in [-0.39, 0.29) is 17.3 Å². The third-order valence-electron chi connectivity index (χ3n) is 4.38. The van der Waals surface area contributed by atoms with Crippen LogP contribution >= 0.6 is 11.3 Å². The summed E-state index contributed by atoms with van der Waals surface area (Å²) in [5, 5.41) is 4.60. The number of alkyl halides is 2. The van der Waals surface area contributed by atoms with Crippen LogP contribution in [0.3, 0.4) is 0 Å². The lowest BCUT2D eigenvalue weighted by molar-refractivity contribution is -0.116. The zero-order chi connectivity index (χ0) is 19.7. The lowest BCUT2D eigenvalue weighted by atomic mass is 10.1. The summed E-state index contributed by atoms with van der Waals surface area (Å²) in [5.41, 5.74) is 0.164. The van der Waals surface area contributed by atoms with Crippen LogP contribution in [-0.2, 0) is 22.5 Å². The Morgan fingerprint density at radius 2 is 2.29 bits per heavy atom. The lowest BCUT2D eigenvalue weighted by Gasteiger charge is -2.32. The maximum absolute atomic E-state index is 13.4. The van der Waals surface area contributed by atoms with Gasteiger partial charge < -0.3 is 4.74 Å². The third kappa shape index (κ3) is 4.05. The quantitative estimate of drug-likeness (QED) is 0.618. The monoisotopic (exact) mass is 408 g/mol. The predicted molar refractivity (Wildman–Crippen MR) is 96.2 cm³/mol. The van der Waals surface area contributed by atoms with E-state index < -0.39 is 12.5 Å². The summed E-state index contributed by atoms with van der Waals surface area (Å²) in [5.74, 6) is 0.210. The standard InChI is InChI=1S/C17H18F2N6O2S/c1-10(26)4-15-20-6-11(28-15)7-24-2-3-27-14(8-24)12-5-13(16(18)19)25-17(23-12)21-9-22-25/h5-6,9,14,16H,2-4,7-8H2,1H3. The number of fused-ring (bicyclic) bond motifs is 1. The fraction of sp³-hybridized carbons (Fsp3) is 0.471. The van der Waals surface area contributed by atoms with Crippen LogP contribution < -0.4 is 0 Å². The second-order valence-corrected chi connectivity index (χ2v) is 7.77. The molecule has 1 unspecified atom stereocenters. The number of aromatic nitrogens is 5. The summed E-state index contributed by atoms with van der Waals surface area (Å²) in [6, 6.07) is 1.33. The molecule has 28 heavy (non-hydrogen) atoms. The summed E-state index contributed by atoms with van der Waals surface area (Å²) in [7, 11) is 0. The topological polar surface area (TPSA) is 85.5 Å². The van der Waals surface area contributed by atoms with Crippen molar-refractivity contribution in [3.05, 3.63) is 39.9 Å². The van der Waals surface area contributed by atoms with E-state index in [0.29, 0.717) is 38.4 Å². The number of carbonyl (C=O) groups is 1. The van der Waals surface area contributed by atoms with Crippen molar-refractivity contribution in [2.24, 2.45) is 0 Å². The van der Waals surface area contributed by atoms with Gasteiger partial charge in [-0.25, -0.2) is 18.7 Å². The van der Waals surface area contributed by atoms with E-state index in [4.69, 9.17) is 4.74 Å². The molecule has 1 saturated heterocycles. The summed E-state index contributed by atoms with van der Waals surface area (Å²) >= 11 is 1.51. The number of halogens is 2. The average Bonchev–Trinajstić information content (AvgIpc) is 3.29. The largest absolute Gasteiger partial charge is 0.369 e. The Kier molecular flexibility index (Phi) is 5.38. The summed E-state index contributed by atoms with van der Waals surface area (Å²) in [4.78, 5) is 27.0. The van der Waals surface area contributed by atoms with E-state index in [1.807, 2.05) is 0 Å². The number of hydrogen-bond acceptors (Lipinski definition) is 8. The number of ketones is 1. The molecule has 11 heteroatoms. The number of morpholine rings is 1. The van der Waals surface area contributed by atoms with Gasteiger partial charge in [0, 0.05) is 30.7 Å². The average molecular weight is 408 g/mol. The molecule has 4 heterocycles. The highest BCUT2D eigenvalue weighted by molar-refractivity contribution is 7.11. The fourth-order valence-corrected chi connectivity index (χ4v) is 4.17. The molecule has 0 aliphatic carbocycles. The van der Waals surface area contributed by atoms with Gasteiger partial charge in [-0.1, -0.05) is 0 Å². The van der Waals surface area contributed by atoms with Crippen LogP contribution in [0.15, 0.2) is 18.6 Å². The third-order valence-corrected chi connectivity index (χ3v) is 5.37. The first-order valence-corrected chi connectivity index (χ1v) is 9.57. The van der Waals surface area contributed by atoms with E-state index in [9.17, 15) is 13.6 Å². The highest BCUT2D eigenvalue weighted by atomic mass is 32.1. The Labute approximate surface area is 163 Å². The minimum Gasteiger partial charge on any atom is -0.369 e. The first kappa shape index (κ1) is 19.0. The normalized spacial score (nSPS) is 18.2. The van der Waals surface area contributed by atoms with Gasteiger partial charge in [-0.2, -0.15) is 14.6 Å². The van der Waals surface area contributed by atoms with E-state index in [2.05, 4.69) is 25.0 Å². The minimum absolute atomic E-state index is 0.0807. The molecule has 1 aliphatic heterocycles. The molecule has 1 aliphatic rings. The van der Waals surface area contributed by atoms with E-state index >= 15 is 0 Å². The number of hydrogen-bond donors (Lipinski definition) is 0. The molecule has 0 N–H and O–H groups in total. The molecule has 0 radical (unpaired) electrons. The molecule has 1 fully saturated rings. The van der Waals surface area contributed by atoms with Crippen LogP contribution in [0.2, 0.25) is 0 Å². The molecule has 148 valence electrons. The van der Waals surface area contributed by atoms with Gasteiger partial charge in [-0.3, -0.25) is 9.69 Å². The summed E-state index contributed by atoms with van der Waals surface area (Å²) < 4.78 is 33.6. The van der Waals surface area contributed by atoms with Gasteiger partial charge in [-0.15, -0.1) is 11.3 Å². The Bertz CT molecular complexity index is 991. The van der Waals surface area contributed by atoms with Gasteiger partial charge in [0.2, 0.25) is 0 Å². The van der Waals surface area contributed by atoms with E-state index in [1.54, 1.807) is 13.1 Å². The fourth-order valence-electron chi connectivity index (χ4n) is 3.14. The summed E-state index contributed by atoms with van der Waals surface area (Å²) in [6.07, 6.45) is 0.201. The van der Waals surface area contributed by atoms with Crippen molar-refractivity contribution in [3.8, 4) is 0 Å². The van der Waals surface area contributed by atoms with Gasteiger partial charge in [0.15, 0.2) is 0 Å². The maximum Gasteiger partial charge on any atom is 0.280 e. The minimum atomic E-state index is -2.69. The molecule has 3 aromatic heterocycles. The smallest absolute Gasteiger partial charge is 0.280 e. The van der Waals surface area contributed by atoms with Crippen LogP contribution in [0.1, 0.15) is 40.7 Å². The van der Waals surface area contributed by atoms with Crippen molar-refractivity contribution in [2.45, 2.75) is 32.4 Å². The van der Waals surface area contributed by atoms with Crippen LogP contribution in [0.25, 0.3) is 5.78 Å². The van der Waals surface area contributed by atoms with Crippen molar-refractivity contribution in [1.29, 1.82) is 0 Å². The molecule has 0 spiro atoms. The molecule has 4 rings (SSSR count).